The zero-order valence-electron chi connectivity index (χ0n) is 9.05. The van der Waals surface area contributed by atoms with Crippen molar-refractivity contribution >= 4 is 11.9 Å². The number of aliphatic carboxylic acids is 2. The van der Waals surface area contributed by atoms with Crippen LogP contribution in [0.1, 0.15) is 13.8 Å². The molecule has 0 aliphatic rings. The molecule has 0 N–H and O–H groups in total. The molecule has 0 aromatic heterocycles. The van der Waals surface area contributed by atoms with E-state index in [1.807, 2.05) is 0 Å². The molecule has 0 aliphatic carbocycles. The van der Waals surface area contributed by atoms with Crippen molar-refractivity contribution in [2.24, 2.45) is 0 Å². The normalized spacial score (nSPS) is 6.43. The predicted octanol–water partition coefficient (Wildman–Crippen LogP) is -7.37. The summed E-state index contributed by atoms with van der Waals surface area (Å²) in [4.78, 5) is 19.0. The molecule has 0 rings (SSSR count). The summed E-state index contributed by atoms with van der Waals surface area (Å²) >= 11 is 0. The van der Waals surface area contributed by atoms with Gasteiger partial charge in [0, 0.05) is 0 Å². The van der Waals surface area contributed by atoms with Gasteiger partial charge in [0.05, 0.1) is 11.9 Å². The second-order valence-electron chi connectivity index (χ2n) is 2.14. The van der Waals surface area contributed by atoms with E-state index in [9.17, 15) is 19.8 Å². The first-order valence-corrected chi connectivity index (χ1v) is 3.02. The summed E-state index contributed by atoms with van der Waals surface area (Å²) in [5, 5.41) is 19.0. The van der Waals surface area contributed by atoms with Crippen molar-refractivity contribution in [3.8, 4) is 0 Å². The van der Waals surface area contributed by atoms with Crippen molar-refractivity contribution in [3.05, 3.63) is 24.3 Å². The van der Waals surface area contributed by atoms with Crippen LogP contribution in [0.3, 0.4) is 0 Å². The van der Waals surface area contributed by atoms with Crippen LogP contribution >= 0.6 is 0 Å². The maximum Gasteiger partial charge on any atom is 1.00 e. The summed E-state index contributed by atoms with van der Waals surface area (Å²) in [6.45, 7) is 8.95. The van der Waals surface area contributed by atoms with Crippen LogP contribution in [0.2, 0.25) is 0 Å². The van der Waals surface area contributed by atoms with Crippen molar-refractivity contribution in [1.29, 1.82) is 0 Å². The zero-order chi connectivity index (χ0) is 10.3. The largest absolute Gasteiger partial charge is 1.00 e. The standard InChI is InChI=1S/2C4H6O2.K.Na/c2*1-3(2)4(5)6;;/h2*1H2,2H3,(H,5,6);;/q;;2*+1/p-2. The Hall–Kier alpha value is 1.06. The van der Waals surface area contributed by atoms with E-state index >= 15 is 0 Å². The number of carboxylic acids is 2. The second-order valence-corrected chi connectivity index (χ2v) is 2.14. The topological polar surface area (TPSA) is 80.3 Å². The summed E-state index contributed by atoms with van der Waals surface area (Å²) in [5.74, 6) is -2.37. The van der Waals surface area contributed by atoms with Crippen LogP contribution in [0.25, 0.3) is 0 Å². The van der Waals surface area contributed by atoms with E-state index in [4.69, 9.17) is 0 Å². The van der Waals surface area contributed by atoms with Gasteiger partial charge in [-0.2, -0.15) is 0 Å². The summed E-state index contributed by atoms with van der Waals surface area (Å²) < 4.78 is 0. The zero-order valence-corrected chi connectivity index (χ0v) is 14.2. The van der Waals surface area contributed by atoms with Gasteiger partial charge >= 0.3 is 80.9 Å². The van der Waals surface area contributed by atoms with Gasteiger partial charge in [0.1, 0.15) is 0 Å². The molecule has 0 unspecified atom stereocenters. The van der Waals surface area contributed by atoms with Gasteiger partial charge in [0.2, 0.25) is 0 Å². The molecule has 0 aromatic carbocycles. The first-order valence-electron chi connectivity index (χ1n) is 3.02. The predicted molar refractivity (Wildman–Crippen MR) is 39.6 cm³/mol. The second kappa shape index (κ2) is 14.1. The van der Waals surface area contributed by atoms with Crippen LogP contribution in [0.15, 0.2) is 24.3 Å². The number of carboxylic acid groups (broad SMARTS) is 2. The molecule has 0 radical (unpaired) electrons. The van der Waals surface area contributed by atoms with Gasteiger partial charge in [-0.25, -0.2) is 0 Å². The molecule has 0 atom stereocenters. The van der Waals surface area contributed by atoms with Gasteiger partial charge in [-0.05, 0) is 25.0 Å². The third-order valence-electron chi connectivity index (χ3n) is 0.697. The third-order valence-corrected chi connectivity index (χ3v) is 0.697. The maximum absolute atomic E-state index is 9.49. The molecule has 6 heteroatoms. The molecule has 14 heavy (non-hydrogen) atoms. The minimum atomic E-state index is -1.19. The molecule has 0 aliphatic heterocycles. The average Bonchev–Trinajstić information content (AvgIpc) is 1.88. The summed E-state index contributed by atoms with van der Waals surface area (Å²) in [6.07, 6.45) is 0. The molecule has 68 valence electrons. The van der Waals surface area contributed by atoms with Gasteiger partial charge < -0.3 is 19.8 Å². The first kappa shape index (κ1) is 24.3. The van der Waals surface area contributed by atoms with E-state index in [0.717, 1.165) is 0 Å². The van der Waals surface area contributed by atoms with Crippen LogP contribution < -0.4 is 91.2 Å². The van der Waals surface area contributed by atoms with Crippen LogP contribution in [-0.2, 0) is 9.59 Å². The van der Waals surface area contributed by atoms with E-state index in [1.54, 1.807) is 0 Å². The van der Waals surface area contributed by atoms with Crippen LogP contribution in [0.4, 0.5) is 0 Å². The molecule has 0 spiro atoms. The van der Waals surface area contributed by atoms with Crippen LogP contribution in [-0.4, -0.2) is 11.9 Å². The number of rotatable bonds is 2. The van der Waals surface area contributed by atoms with Crippen molar-refractivity contribution in [1.82, 2.24) is 0 Å². The molecular formula is C8H10KNaO4. The molecule has 0 heterocycles. The minimum Gasteiger partial charge on any atom is -0.545 e. The SMILES string of the molecule is C=C(C)C(=O)[O-].C=C(C)C(=O)[O-].[K+].[Na+]. The van der Waals surface area contributed by atoms with Crippen molar-refractivity contribution in [3.63, 3.8) is 0 Å². The van der Waals surface area contributed by atoms with Crippen molar-refractivity contribution in [2.45, 2.75) is 13.8 Å². The molecular weight excluding hydrogens is 222 g/mol. The van der Waals surface area contributed by atoms with Gasteiger partial charge in [-0.15, -0.1) is 0 Å². The van der Waals surface area contributed by atoms with E-state index < -0.39 is 11.9 Å². The quantitative estimate of drug-likeness (QED) is 0.350. The fraction of sp³-hybridized carbons (Fsp3) is 0.250. The van der Waals surface area contributed by atoms with E-state index in [-0.39, 0.29) is 92.1 Å². The van der Waals surface area contributed by atoms with Gasteiger partial charge in [0.15, 0.2) is 0 Å². The van der Waals surface area contributed by atoms with Crippen molar-refractivity contribution in [2.75, 3.05) is 0 Å². The monoisotopic (exact) mass is 232 g/mol. The Morgan fingerprint density at radius 1 is 0.929 bits per heavy atom. The molecule has 0 amide bonds. The molecule has 0 saturated carbocycles. The van der Waals surface area contributed by atoms with Crippen molar-refractivity contribution < 1.29 is 101 Å². The van der Waals surface area contributed by atoms with Crippen LogP contribution in [0.5, 0.6) is 0 Å². The fourth-order valence-electron chi connectivity index (χ4n) is 0. The van der Waals surface area contributed by atoms with E-state index in [1.165, 1.54) is 13.8 Å². The Labute approximate surface area is 148 Å². The minimum absolute atomic E-state index is 0. The van der Waals surface area contributed by atoms with E-state index in [0.29, 0.717) is 0 Å². The Morgan fingerprint density at radius 2 is 1.00 bits per heavy atom. The molecule has 4 nitrogen and oxygen atoms in total. The first-order chi connectivity index (χ1) is 5.29. The molecule has 0 bridgehead atoms. The summed E-state index contributed by atoms with van der Waals surface area (Å²) in [7, 11) is 0. The van der Waals surface area contributed by atoms with Gasteiger partial charge in [-0.3, -0.25) is 0 Å². The Kier molecular flexibility index (Phi) is 24.4. The average molecular weight is 232 g/mol. The Bertz CT molecular complexity index is 177. The van der Waals surface area contributed by atoms with Crippen LogP contribution in [0, 0.1) is 0 Å². The fourth-order valence-corrected chi connectivity index (χ4v) is 0. The van der Waals surface area contributed by atoms with Gasteiger partial charge in [0.25, 0.3) is 0 Å². The van der Waals surface area contributed by atoms with E-state index in [2.05, 4.69) is 13.2 Å². The molecule has 0 aromatic rings. The Morgan fingerprint density at radius 3 is 1.00 bits per heavy atom. The molecule has 0 fully saturated rings. The number of hydrogen-bond acceptors (Lipinski definition) is 4. The smallest absolute Gasteiger partial charge is 0.545 e. The Balaban J connectivity index is -0.0000000625. The number of carbonyl (C=O) groups is 2. The number of carbonyl (C=O) groups excluding carboxylic acids is 2. The summed E-state index contributed by atoms with van der Waals surface area (Å²) in [5.41, 5.74) is 0.130. The maximum atomic E-state index is 9.49. The summed E-state index contributed by atoms with van der Waals surface area (Å²) in [6, 6.07) is 0. The third kappa shape index (κ3) is 23.1. The van der Waals surface area contributed by atoms with Gasteiger partial charge in [-0.1, -0.05) is 13.2 Å². The number of hydrogen-bond donors (Lipinski definition) is 0. The molecule has 0 saturated heterocycles.